The molecule has 1 aromatic carbocycles. The minimum atomic E-state index is -5.31. The summed E-state index contributed by atoms with van der Waals surface area (Å²) in [4.78, 5) is 22.6. The summed E-state index contributed by atoms with van der Waals surface area (Å²) in [6.07, 6.45) is -3.14. The highest BCUT2D eigenvalue weighted by molar-refractivity contribution is 6.31. The van der Waals surface area contributed by atoms with Crippen molar-refractivity contribution in [1.29, 1.82) is 0 Å². The average molecular weight is 390 g/mol. The number of aromatic nitrogens is 3. The van der Waals surface area contributed by atoms with E-state index in [0.29, 0.717) is 18.3 Å². The first-order chi connectivity index (χ1) is 12.2. The lowest BCUT2D eigenvalue weighted by Gasteiger charge is -2.08. The van der Waals surface area contributed by atoms with Crippen LogP contribution in [0.5, 0.6) is 5.75 Å². The van der Waals surface area contributed by atoms with Crippen molar-refractivity contribution in [3.63, 3.8) is 0 Å². The smallest absolute Gasteiger partial charge is 0.491 e. The number of H-pyrrole nitrogens is 1. The third-order valence-electron chi connectivity index (χ3n) is 3.49. The van der Waals surface area contributed by atoms with Crippen LogP contribution in [0.15, 0.2) is 18.2 Å². The number of carbonyl (C=O) groups is 2. The molecule has 1 aliphatic carbocycles. The molecule has 0 atom stereocenters. The lowest BCUT2D eigenvalue weighted by Crippen LogP contribution is -2.28. The maximum absolute atomic E-state index is 12.2. The molecule has 0 radical (unpaired) electrons. The first-order valence-electron chi connectivity index (χ1n) is 7.42. The van der Waals surface area contributed by atoms with Gasteiger partial charge in [0.2, 0.25) is 0 Å². The molecule has 1 saturated carbocycles. The standard InChI is InChI=1S/C15H11ClF3N3O4/c16-9-3-8(4-10(5-9)25-6-7-1-2-7)11-12(21-22-20-11)13(23)26-14(24)15(17,18)19/h3-5,7H,1-2,6H2,(H,20,21,22). The van der Waals surface area contributed by atoms with Crippen LogP contribution in [0.3, 0.4) is 0 Å². The number of hydrogen-bond donors (Lipinski definition) is 1. The van der Waals surface area contributed by atoms with E-state index in [1.54, 1.807) is 6.07 Å². The third-order valence-corrected chi connectivity index (χ3v) is 3.70. The van der Waals surface area contributed by atoms with Gasteiger partial charge in [0.15, 0.2) is 5.69 Å². The number of esters is 2. The van der Waals surface area contributed by atoms with Gasteiger partial charge in [-0.15, -0.1) is 5.10 Å². The minimum absolute atomic E-state index is 0.122. The lowest BCUT2D eigenvalue weighted by molar-refractivity contribution is -0.193. The number of nitrogens with zero attached hydrogens (tertiary/aromatic N) is 2. The van der Waals surface area contributed by atoms with Gasteiger partial charge in [-0.05, 0) is 37.0 Å². The quantitative estimate of drug-likeness (QED) is 0.623. The number of halogens is 4. The molecular weight excluding hydrogens is 379 g/mol. The number of ether oxygens (including phenoxy) is 2. The van der Waals surface area contributed by atoms with Gasteiger partial charge in [-0.25, -0.2) is 9.59 Å². The van der Waals surface area contributed by atoms with Crippen LogP contribution in [-0.2, 0) is 9.53 Å². The van der Waals surface area contributed by atoms with E-state index in [1.807, 2.05) is 0 Å². The molecule has 2 aromatic rings. The fraction of sp³-hybridized carbons (Fsp3) is 0.333. The van der Waals surface area contributed by atoms with E-state index >= 15 is 0 Å². The number of aromatic amines is 1. The second-order valence-electron chi connectivity index (χ2n) is 5.63. The SMILES string of the molecule is O=C(OC(=O)C(F)(F)F)c1n[nH]nc1-c1cc(Cl)cc(OCC2CC2)c1. The van der Waals surface area contributed by atoms with Crippen molar-refractivity contribution in [2.45, 2.75) is 19.0 Å². The summed E-state index contributed by atoms with van der Waals surface area (Å²) in [6.45, 7) is 0.508. The number of hydrogen-bond acceptors (Lipinski definition) is 6. The summed E-state index contributed by atoms with van der Waals surface area (Å²) in [7, 11) is 0. The number of alkyl halides is 3. The van der Waals surface area contributed by atoms with Crippen LogP contribution < -0.4 is 4.74 Å². The van der Waals surface area contributed by atoms with Crippen LogP contribution in [0, 0.1) is 5.92 Å². The highest BCUT2D eigenvalue weighted by atomic mass is 35.5. The molecule has 1 heterocycles. The molecule has 0 amide bonds. The molecule has 11 heteroatoms. The minimum Gasteiger partial charge on any atom is -0.493 e. The Morgan fingerprint density at radius 3 is 2.62 bits per heavy atom. The second kappa shape index (κ2) is 6.94. The Balaban J connectivity index is 1.83. The molecule has 26 heavy (non-hydrogen) atoms. The van der Waals surface area contributed by atoms with Crippen molar-refractivity contribution in [3.8, 4) is 17.0 Å². The molecule has 0 aliphatic heterocycles. The van der Waals surface area contributed by atoms with Crippen LogP contribution in [0.1, 0.15) is 23.3 Å². The number of nitrogens with one attached hydrogen (secondary N) is 1. The lowest BCUT2D eigenvalue weighted by atomic mass is 10.1. The van der Waals surface area contributed by atoms with Gasteiger partial charge < -0.3 is 9.47 Å². The number of rotatable bonds is 5. The molecular formula is C15H11ClF3N3O4. The van der Waals surface area contributed by atoms with Gasteiger partial charge in [0, 0.05) is 10.6 Å². The zero-order valence-electron chi connectivity index (χ0n) is 13.0. The van der Waals surface area contributed by atoms with Gasteiger partial charge in [-0.2, -0.15) is 23.5 Å². The summed E-state index contributed by atoms with van der Waals surface area (Å²) in [5.41, 5.74) is -0.440. The van der Waals surface area contributed by atoms with Gasteiger partial charge in [-0.1, -0.05) is 11.6 Å². The molecule has 0 bridgehead atoms. The Bertz CT molecular complexity index is 849. The van der Waals surface area contributed by atoms with Crippen molar-refractivity contribution in [2.24, 2.45) is 5.92 Å². The van der Waals surface area contributed by atoms with E-state index in [9.17, 15) is 22.8 Å². The fourth-order valence-electron chi connectivity index (χ4n) is 2.05. The Morgan fingerprint density at radius 2 is 1.96 bits per heavy atom. The molecule has 1 N–H and O–H groups in total. The van der Waals surface area contributed by atoms with Gasteiger partial charge in [0.1, 0.15) is 11.4 Å². The molecule has 138 valence electrons. The van der Waals surface area contributed by atoms with Crippen LogP contribution in [-0.4, -0.2) is 40.1 Å². The topological polar surface area (TPSA) is 94.2 Å². The normalized spacial score (nSPS) is 14.2. The van der Waals surface area contributed by atoms with Crippen LogP contribution in [0.2, 0.25) is 5.02 Å². The predicted octanol–water partition coefficient (Wildman–Crippen LogP) is 3.16. The number of carbonyl (C=O) groups excluding carboxylic acids is 2. The van der Waals surface area contributed by atoms with E-state index in [2.05, 4.69) is 20.1 Å². The van der Waals surface area contributed by atoms with Crippen molar-refractivity contribution in [3.05, 3.63) is 28.9 Å². The molecule has 0 spiro atoms. The first kappa shape index (κ1) is 18.2. The third kappa shape index (κ3) is 4.31. The number of benzene rings is 1. The van der Waals surface area contributed by atoms with Crippen LogP contribution in [0.25, 0.3) is 11.3 Å². The summed E-state index contributed by atoms with van der Waals surface area (Å²) in [5, 5.41) is 9.56. The van der Waals surface area contributed by atoms with E-state index in [1.165, 1.54) is 12.1 Å². The monoisotopic (exact) mass is 389 g/mol. The Kier molecular flexibility index (Phi) is 4.86. The highest BCUT2D eigenvalue weighted by Crippen LogP contribution is 2.32. The molecule has 3 rings (SSSR count). The zero-order chi connectivity index (χ0) is 18.9. The van der Waals surface area contributed by atoms with E-state index in [-0.39, 0.29) is 16.3 Å². The summed E-state index contributed by atoms with van der Waals surface area (Å²) in [5.74, 6) is -3.33. The maximum atomic E-state index is 12.2. The van der Waals surface area contributed by atoms with E-state index < -0.39 is 23.8 Å². The highest BCUT2D eigenvalue weighted by Gasteiger charge is 2.43. The first-order valence-corrected chi connectivity index (χ1v) is 7.79. The largest absolute Gasteiger partial charge is 0.493 e. The Labute approximate surface area is 149 Å². The second-order valence-corrected chi connectivity index (χ2v) is 6.06. The van der Waals surface area contributed by atoms with Gasteiger partial charge in [-0.3, -0.25) is 0 Å². The molecule has 1 aromatic heterocycles. The van der Waals surface area contributed by atoms with Gasteiger partial charge in [0.25, 0.3) is 0 Å². The van der Waals surface area contributed by atoms with Crippen molar-refractivity contribution >= 4 is 23.5 Å². The summed E-state index contributed by atoms with van der Waals surface area (Å²) in [6, 6.07) is 4.49. The van der Waals surface area contributed by atoms with Crippen molar-refractivity contribution < 1.29 is 32.2 Å². The molecule has 0 saturated heterocycles. The Morgan fingerprint density at radius 1 is 1.23 bits per heavy atom. The molecule has 1 aliphatic rings. The van der Waals surface area contributed by atoms with E-state index in [0.717, 1.165) is 12.8 Å². The fourth-order valence-corrected chi connectivity index (χ4v) is 2.27. The van der Waals surface area contributed by atoms with Crippen LogP contribution >= 0.6 is 11.6 Å². The molecule has 0 unspecified atom stereocenters. The van der Waals surface area contributed by atoms with Gasteiger partial charge >= 0.3 is 18.1 Å². The van der Waals surface area contributed by atoms with E-state index in [4.69, 9.17) is 16.3 Å². The molecule has 1 fully saturated rings. The zero-order valence-corrected chi connectivity index (χ0v) is 13.7. The maximum Gasteiger partial charge on any atom is 0.491 e. The summed E-state index contributed by atoms with van der Waals surface area (Å²) >= 11 is 6.02. The average Bonchev–Trinajstić information content (AvgIpc) is 3.25. The van der Waals surface area contributed by atoms with Crippen molar-refractivity contribution in [2.75, 3.05) is 6.61 Å². The summed E-state index contributed by atoms with van der Waals surface area (Å²) < 4.78 is 46.1. The van der Waals surface area contributed by atoms with Crippen LogP contribution in [0.4, 0.5) is 13.2 Å². The predicted molar refractivity (Wildman–Crippen MR) is 81.5 cm³/mol. The Hall–Kier alpha value is -2.62. The van der Waals surface area contributed by atoms with Crippen molar-refractivity contribution in [1.82, 2.24) is 15.4 Å². The van der Waals surface area contributed by atoms with Gasteiger partial charge in [0.05, 0.1) is 6.61 Å². The molecule has 7 nitrogen and oxygen atoms in total.